The minimum Gasteiger partial charge on any atom is -0.464 e. The Kier molecular flexibility index (Phi) is 2.56. The maximum atomic E-state index is 5.96. The molecule has 18 heavy (non-hydrogen) atoms. The molecule has 0 saturated carbocycles. The Morgan fingerprint density at radius 1 is 1.11 bits per heavy atom. The van der Waals surface area contributed by atoms with Crippen molar-refractivity contribution in [2.75, 3.05) is 0 Å². The Labute approximate surface area is 109 Å². The van der Waals surface area contributed by atoms with E-state index in [2.05, 4.69) is 16.0 Å². The van der Waals surface area contributed by atoms with Crippen LogP contribution in [0.1, 0.15) is 11.4 Å². The molecule has 3 rings (SSSR count). The van der Waals surface area contributed by atoms with Gasteiger partial charge in [-0.15, -0.1) is 0 Å². The lowest BCUT2D eigenvalue weighted by Gasteiger charge is -2.03. The Hall–Kier alpha value is -1.87. The zero-order valence-electron chi connectivity index (χ0n) is 10.1. The van der Waals surface area contributed by atoms with Crippen LogP contribution in [0.25, 0.3) is 22.2 Å². The van der Waals surface area contributed by atoms with E-state index in [1.54, 1.807) is 12.3 Å². The normalized spacial score (nSPS) is 11.1. The van der Waals surface area contributed by atoms with Gasteiger partial charge in [-0.1, -0.05) is 11.6 Å². The highest BCUT2D eigenvalue weighted by atomic mass is 35.5. The molecule has 0 N–H and O–H groups in total. The maximum absolute atomic E-state index is 5.96. The molecule has 0 radical (unpaired) electrons. The summed E-state index contributed by atoms with van der Waals surface area (Å²) < 4.78 is 5.43. The fraction of sp³-hybridized carbons (Fsp3) is 0.143. The molecule has 3 nitrogen and oxygen atoms in total. The number of hydrogen-bond acceptors (Lipinski definition) is 3. The molecule has 4 heteroatoms. The minimum atomic E-state index is 0.460. The summed E-state index contributed by atoms with van der Waals surface area (Å²) in [5.74, 6) is 0.668. The van der Waals surface area contributed by atoms with Gasteiger partial charge in [0.1, 0.15) is 16.6 Å². The summed E-state index contributed by atoms with van der Waals surface area (Å²) in [6.07, 6.45) is 1.76. The second-order valence-corrected chi connectivity index (χ2v) is 4.64. The molecule has 0 amide bonds. The fourth-order valence-electron chi connectivity index (χ4n) is 1.99. The van der Waals surface area contributed by atoms with Gasteiger partial charge in [0.05, 0.1) is 12.0 Å². The summed E-state index contributed by atoms with van der Waals surface area (Å²) in [5, 5.41) is 1.56. The summed E-state index contributed by atoms with van der Waals surface area (Å²) in [6.45, 7) is 3.85. The summed E-state index contributed by atoms with van der Waals surface area (Å²) in [6, 6.07) is 7.75. The number of benzene rings is 1. The lowest BCUT2D eigenvalue weighted by Crippen LogP contribution is -1.91. The van der Waals surface area contributed by atoms with Crippen LogP contribution in [0.15, 0.2) is 34.9 Å². The van der Waals surface area contributed by atoms with Crippen molar-refractivity contribution in [3.8, 4) is 11.3 Å². The predicted molar refractivity (Wildman–Crippen MR) is 71.7 cm³/mol. The summed E-state index contributed by atoms with van der Waals surface area (Å²) in [4.78, 5) is 8.46. The second kappa shape index (κ2) is 4.10. The van der Waals surface area contributed by atoms with Crippen LogP contribution in [0.2, 0.25) is 5.15 Å². The van der Waals surface area contributed by atoms with Crippen molar-refractivity contribution in [1.29, 1.82) is 0 Å². The number of aryl methyl sites for hydroxylation is 2. The maximum Gasteiger partial charge on any atom is 0.134 e. The number of halogens is 1. The SMILES string of the molecule is Cc1nc(Cl)cc(-c2ccc3occ(C)c3c2)n1. The first kappa shape index (κ1) is 11.2. The van der Waals surface area contributed by atoms with E-state index < -0.39 is 0 Å². The van der Waals surface area contributed by atoms with Gasteiger partial charge in [0.25, 0.3) is 0 Å². The molecular formula is C14H11ClN2O. The molecule has 3 aromatic rings. The van der Waals surface area contributed by atoms with Crippen LogP contribution < -0.4 is 0 Å². The van der Waals surface area contributed by atoms with E-state index in [1.807, 2.05) is 26.0 Å². The largest absolute Gasteiger partial charge is 0.464 e. The van der Waals surface area contributed by atoms with Gasteiger partial charge in [-0.25, -0.2) is 9.97 Å². The first-order valence-electron chi connectivity index (χ1n) is 5.63. The molecule has 90 valence electrons. The summed E-state index contributed by atoms with van der Waals surface area (Å²) in [7, 11) is 0. The van der Waals surface area contributed by atoms with E-state index in [9.17, 15) is 0 Å². The number of fused-ring (bicyclic) bond motifs is 1. The van der Waals surface area contributed by atoms with Crippen LogP contribution in [0.3, 0.4) is 0 Å². The van der Waals surface area contributed by atoms with Crippen LogP contribution in [0, 0.1) is 13.8 Å². The monoisotopic (exact) mass is 258 g/mol. The Bertz CT molecular complexity index is 713. The molecule has 0 aliphatic rings. The lowest BCUT2D eigenvalue weighted by molar-refractivity contribution is 0.613. The molecule has 2 heterocycles. The van der Waals surface area contributed by atoms with Crippen LogP contribution in [0.5, 0.6) is 0 Å². The van der Waals surface area contributed by atoms with E-state index in [0.717, 1.165) is 27.8 Å². The van der Waals surface area contributed by atoms with Crippen molar-refractivity contribution in [2.45, 2.75) is 13.8 Å². The number of aromatic nitrogens is 2. The van der Waals surface area contributed by atoms with Crippen LogP contribution in [-0.4, -0.2) is 9.97 Å². The Balaban J connectivity index is 2.21. The second-order valence-electron chi connectivity index (χ2n) is 4.25. The fourth-order valence-corrected chi connectivity index (χ4v) is 2.22. The third kappa shape index (κ3) is 1.87. The van der Waals surface area contributed by atoms with E-state index in [-0.39, 0.29) is 0 Å². The molecular weight excluding hydrogens is 248 g/mol. The van der Waals surface area contributed by atoms with E-state index in [1.165, 1.54) is 0 Å². The number of furan rings is 1. The van der Waals surface area contributed by atoms with E-state index >= 15 is 0 Å². The molecule has 0 atom stereocenters. The van der Waals surface area contributed by atoms with Gasteiger partial charge in [-0.2, -0.15) is 0 Å². The third-order valence-electron chi connectivity index (χ3n) is 2.87. The highest BCUT2D eigenvalue weighted by molar-refractivity contribution is 6.29. The number of nitrogens with zero attached hydrogens (tertiary/aromatic N) is 2. The van der Waals surface area contributed by atoms with Gasteiger partial charge in [-0.3, -0.25) is 0 Å². The van der Waals surface area contributed by atoms with Crippen LogP contribution in [-0.2, 0) is 0 Å². The van der Waals surface area contributed by atoms with Crippen molar-refractivity contribution in [2.24, 2.45) is 0 Å². The number of hydrogen-bond donors (Lipinski definition) is 0. The Morgan fingerprint density at radius 2 is 1.94 bits per heavy atom. The molecule has 2 aromatic heterocycles. The molecule has 0 saturated heterocycles. The van der Waals surface area contributed by atoms with Gasteiger partial charge in [-0.05, 0) is 37.6 Å². The topological polar surface area (TPSA) is 38.9 Å². The average Bonchev–Trinajstić information content (AvgIpc) is 2.69. The predicted octanol–water partition coefficient (Wildman–Crippen LogP) is 4.16. The van der Waals surface area contributed by atoms with E-state index in [4.69, 9.17) is 16.0 Å². The average molecular weight is 259 g/mol. The first-order chi connectivity index (χ1) is 8.63. The van der Waals surface area contributed by atoms with Crippen LogP contribution in [0.4, 0.5) is 0 Å². The summed E-state index contributed by atoms with van der Waals surface area (Å²) >= 11 is 5.96. The van der Waals surface area contributed by atoms with Crippen molar-refractivity contribution in [3.63, 3.8) is 0 Å². The molecule has 0 fully saturated rings. The van der Waals surface area contributed by atoms with Crippen LogP contribution >= 0.6 is 11.6 Å². The molecule has 0 aliphatic heterocycles. The molecule has 0 bridgehead atoms. The van der Waals surface area contributed by atoms with Gasteiger partial charge >= 0.3 is 0 Å². The third-order valence-corrected chi connectivity index (χ3v) is 3.06. The lowest BCUT2D eigenvalue weighted by atomic mass is 10.1. The zero-order chi connectivity index (χ0) is 12.7. The summed E-state index contributed by atoms with van der Waals surface area (Å²) in [5.41, 5.74) is 3.84. The van der Waals surface area contributed by atoms with E-state index in [0.29, 0.717) is 11.0 Å². The van der Waals surface area contributed by atoms with Crippen molar-refractivity contribution in [1.82, 2.24) is 9.97 Å². The number of rotatable bonds is 1. The molecule has 0 spiro atoms. The zero-order valence-corrected chi connectivity index (χ0v) is 10.8. The minimum absolute atomic E-state index is 0.460. The first-order valence-corrected chi connectivity index (χ1v) is 6.01. The highest BCUT2D eigenvalue weighted by Crippen LogP contribution is 2.27. The molecule has 0 unspecified atom stereocenters. The van der Waals surface area contributed by atoms with Gasteiger partial charge in [0, 0.05) is 17.0 Å². The Morgan fingerprint density at radius 3 is 2.72 bits per heavy atom. The molecule has 1 aromatic carbocycles. The van der Waals surface area contributed by atoms with Gasteiger partial charge in [0.15, 0.2) is 0 Å². The van der Waals surface area contributed by atoms with Gasteiger partial charge < -0.3 is 4.42 Å². The quantitative estimate of drug-likeness (QED) is 0.615. The standard InChI is InChI=1S/C14H11ClN2O/c1-8-7-18-13-4-3-10(5-11(8)13)12-6-14(15)17-9(2)16-12/h3-7H,1-2H3. The smallest absolute Gasteiger partial charge is 0.134 e. The molecule has 0 aliphatic carbocycles. The highest BCUT2D eigenvalue weighted by Gasteiger charge is 2.07. The van der Waals surface area contributed by atoms with Crippen molar-refractivity contribution in [3.05, 3.63) is 47.1 Å². The van der Waals surface area contributed by atoms with Crippen molar-refractivity contribution < 1.29 is 4.42 Å². The van der Waals surface area contributed by atoms with Gasteiger partial charge in [0.2, 0.25) is 0 Å². The van der Waals surface area contributed by atoms with Crippen molar-refractivity contribution >= 4 is 22.6 Å².